The molecule has 3 aromatic heterocycles. The number of rotatable bonds is 1. The first-order valence-corrected chi connectivity index (χ1v) is 7.21. The Bertz CT molecular complexity index is 937. The van der Waals surface area contributed by atoms with Crippen molar-refractivity contribution in [2.45, 2.75) is 0 Å². The van der Waals surface area contributed by atoms with Crippen molar-refractivity contribution in [2.75, 3.05) is 0 Å². The predicted molar refractivity (Wildman–Crippen MR) is 86.3 cm³/mol. The number of aryl methyl sites for hydroxylation is 1. The largest absolute Gasteiger partial charge is 0.275 e. The molecule has 1 aromatic carbocycles. The van der Waals surface area contributed by atoms with E-state index in [-0.39, 0.29) is 0 Å². The van der Waals surface area contributed by atoms with Crippen LogP contribution < -0.4 is 0 Å². The minimum atomic E-state index is 0.824. The first-order chi connectivity index (χ1) is 9.72. The van der Waals surface area contributed by atoms with E-state index in [1.165, 1.54) is 0 Å². The van der Waals surface area contributed by atoms with E-state index in [1.807, 2.05) is 30.3 Å². The molecule has 0 radical (unpaired) electrons. The third kappa shape index (κ3) is 1.71. The number of pyridine rings is 1. The first-order valence-electron chi connectivity index (χ1n) is 6.14. The number of benzene rings is 1. The second-order valence-electron chi connectivity index (χ2n) is 4.70. The zero-order chi connectivity index (χ0) is 13.7. The molecule has 3 heterocycles. The molecule has 0 saturated carbocycles. The molecule has 0 aliphatic rings. The van der Waals surface area contributed by atoms with Gasteiger partial charge in [0.15, 0.2) is 5.65 Å². The summed E-state index contributed by atoms with van der Waals surface area (Å²) in [7, 11) is 1.92. The lowest BCUT2D eigenvalue weighted by Crippen LogP contribution is -1.84. The maximum absolute atomic E-state index is 4.40. The van der Waals surface area contributed by atoms with Gasteiger partial charge in [-0.15, -0.1) is 0 Å². The van der Waals surface area contributed by atoms with Crippen molar-refractivity contribution in [2.24, 2.45) is 7.05 Å². The maximum atomic E-state index is 4.40. The Morgan fingerprint density at radius 1 is 1.20 bits per heavy atom. The Balaban J connectivity index is 2.06. The van der Waals surface area contributed by atoms with Gasteiger partial charge in [0.2, 0.25) is 0 Å². The zero-order valence-corrected chi connectivity index (χ0v) is 12.8. The molecule has 4 aromatic rings. The van der Waals surface area contributed by atoms with E-state index >= 15 is 0 Å². The van der Waals surface area contributed by atoms with Crippen molar-refractivity contribution in [3.05, 3.63) is 40.5 Å². The molecule has 0 aliphatic carbocycles. The zero-order valence-electron chi connectivity index (χ0n) is 10.6. The third-order valence-corrected chi connectivity index (χ3v) is 4.18. The summed E-state index contributed by atoms with van der Waals surface area (Å²) in [4.78, 5) is 4.40. The van der Waals surface area contributed by atoms with Crippen molar-refractivity contribution >= 4 is 44.4 Å². The first kappa shape index (κ1) is 11.8. The van der Waals surface area contributed by atoms with Gasteiger partial charge in [0.05, 0.1) is 11.6 Å². The van der Waals surface area contributed by atoms with Crippen LogP contribution in [0.15, 0.2) is 36.8 Å². The van der Waals surface area contributed by atoms with Crippen LogP contribution in [0.3, 0.4) is 0 Å². The average molecular weight is 375 g/mol. The molecule has 1 N–H and O–H groups in total. The van der Waals surface area contributed by atoms with Crippen LogP contribution >= 0.6 is 22.6 Å². The lowest BCUT2D eigenvalue weighted by atomic mass is 10.0. The smallest absolute Gasteiger partial charge is 0.156 e. The highest BCUT2D eigenvalue weighted by Gasteiger charge is 2.10. The fourth-order valence-electron chi connectivity index (χ4n) is 2.41. The molecule has 98 valence electrons. The summed E-state index contributed by atoms with van der Waals surface area (Å²) < 4.78 is 2.75. The molecule has 0 bridgehead atoms. The topological polar surface area (TPSA) is 59.4 Å². The quantitative estimate of drug-likeness (QED) is 0.520. The van der Waals surface area contributed by atoms with Gasteiger partial charge in [0.25, 0.3) is 0 Å². The van der Waals surface area contributed by atoms with Gasteiger partial charge in [-0.25, -0.2) is 4.98 Å². The van der Waals surface area contributed by atoms with E-state index in [4.69, 9.17) is 0 Å². The van der Waals surface area contributed by atoms with Crippen LogP contribution in [0.5, 0.6) is 0 Å². The van der Waals surface area contributed by atoms with Gasteiger partial charge in [-0.3, -0.25) is 9.78 Å². The van der Waals surface area contributed by atoms with E-state index in [9.17, 15) is 0 Å². The van der Waals surface area contributed by atoms with Crippen molar-refractivity contribution in [3.8, 4) is 11.1 Å². The van der Waals surface area contributed by atoms with E-state index < -0.39 is 0 Å². The van der Waals surface area contributed by atoms with Gasteiger partial charge < -0.3 is 0 Å². The van der Waals surface area contributed by atoms with Crippen LogP contribution in [-0.2, 0) is 7.05 Å². The Morgan fingerprint density at radius 3 is 2.90 bits per heavy atom. The number of H-pyrrole nitrogens is 1. The van der Waals surface area contributed by atoms with E-state index in [1.54, 1.807) is 0 Å². The number of fused-ring (bicyclic) bond motifs is 3. The number of nitrogens with zero attached hydrogens (tertiary/aromatic N) is 4. The van der Waals surface area contributed by atoms with Crippen molar-refractivity contribution < 1.29 is 0 Å². The summed E-state index contributed by atoms with van der Waals surface area (Å²) in [5, 5.41) is 14.8. The number of aromatic amines is 1. The van der Waals surface area contributed by atoms with Crippen LogP contribution in [-0.4, -0.2) is 25.0 Å². The number of hydrogen-bond acceptors (Lipinski definition) is 3. The molecule has 0 unspecified atom stereocenters. The van der Waals surface area contributed by atoms with Gasteiger partial charge >= 0.3 is 0 Å². The van der Waals surface area contributed by atoms with Crippen molar-refractivity contribution in [3.63, 3.8) is 0 Å². The summed E-state index contributed by atoms with van der Waals surface area (Å²) in [6.45, 7) is 0. The second-order valence-corrected chi connectivity index (χ2v) is 5.72. The molecule has 20 heavy (non-hydrogen) atoms. The van der Waals surface area contributed by atoms with E-state index in [2.05, 4.69) is 61.1 Å². The van der Waals surface area contributed by atoms with Crippen LogP contribution in [0.4, 0.5) is 0 Å². The summed E-state index contributed by atoms with van der Waals surface area (Å²) >= 11 is 2.23. The Hall–Kier alpha value is -1.96. The predicted octanol–water partition coefficient (Wildman–Crippen LogP) is 3.12. The van der Waals surface area contributed by atoms with Crippen LogP contribution in [0.1, 0.15) is 0 Å². The van der Waals surface area contributed by atoms with Gasteiger partial charge in [-0.1, -0.05) is 12.1 Å². The monoisotopic (exact) mass is 375 g/mol. The average Bonchev–Trinajstić information content (AvgIpc) is 3.05. The molecule has 0 amide bonds. The number of nitrogens with one attached hydrogen (secondary N) is 1. The van der Waals surface area contributed by atoms with Crippen LogP contribution in [0.2, 0.25) is 0 Å². The Labute approximate surface area is 128 Å². The van der Waals surface area contributed by atoms with Crippen molar-refractivity contribution in [1.82, 2.24) is 25.0 Å². The molecular weight excluding hydrogens is 365 g/mol. The van der Waals surface area contributed by atoms with Crippen LogP contribution in [0.25, 0.3) is 32.9 Å². The molecule has 6 heteroatoms. The molecule has 5 nitrogen and oxygen atoms in total. The lowest BCUT2D eigenvalue weighted by molar-refractivity contribution is 0.768. The standard InChI is InChI=1S/C14H10IN5/c1-20-7-10(6-17-20)8-2-3-9-5-16-14-12(11(9)4-8)13(15)18-19-14/h2-7H,1H3,(H,16,18,19). The van der Waals surface area contributed by atoms with Gasteiger partial charge in [-0.05, 0) is 39.6 Å². The summed E-state index contributed by atoms with van der Waals surface area (Å²) in [6, 6.07) is 6.36. The minimum Gasteiger partial charge on any atom is -0.275 e. The second kappa shape index (κ2) is 4.27. The molecule has 4 rings (SSSR count). The fourth-order valence-corrected chi connectivity index (χ4v) is 3.08. The Kier molecular flexibility index (Phi) is 2.53. The van der Waals surface area contributed by atoms with Crippen molar-refractivity contribution in [1.29, 1.82) is 0 Å². The fraction of sp³-hybridized carbons (Fsp3) is 0.0714. The maximum Gasteiger partial charge on any atom is 0.156 e. The summed E-state index contributed by atoms with van der Waals surface area (Å²) in [5.41, 5.74) is 3.08. The minimum absolute atomic E-state index is 0.824. The highest BCUT2D eigenvalue weighted by Crippen LogP contribution is 2.30. The number of aromatic nitrogens is 5. The normalized spacial score (nSPS) is 11.5. The lowest BCUT2D eigenvalue weighted by Gasteiger charge is -2.03. The Morgan fingerprint density at radius 2 is 2.10 bits per heavy atom. The summed E-state index contributed by atoms with van der Waals surface area (Å²) in [5.74, 6) is 0. The highest BCUT2D eigenvalue weighted by molar-refractivity contribution is 14.1. The molecule has 0 saturated heterocycles. The highest BCUT2D eigenvalue weighted by atomic mass is 127. The van der Waals surface area contributed by atoms with E-state index in [0.29, 0.717) is 0 Å². The molecule has 0 spiro atoms. The van der Waals surface area contributed by atoms with Gasteiger partial charge in [0, 0.05) is 30.4 Å². The SMILES string of the molecule is Cn1cc(-c2ccc3cnc4[nH]nc(I)c4c3c2)cn1. The third-order valence-electron chi connectivity index (χ3n) is 3.40. The number of halogens is 1. The summed E-state index contributed by atoms with van der Waals surface area (Å²) in [6.07, 6.45) is 5.76. The van der Waals surface area contributed by atoms with Crippen LogP contribution in [0, 0.1) is 3.70 Å². The van der Waals surface area contributed by atoms with Gasteiger partial charge in [-0.2, -0.15) is 10.2 Å². The molecular formula is C14H10IN5. The molecule has 0 aliphatic heterocycles. The molecule has 0 fully saturated rings. The van der Waals surface area contributed by atoms with Gasteiger partial charge in [0.1, 0.15) is 3.70 Å². The number of hydrogen-bond donors (Lipinski definition) is 1. The van der Waals surface area contributed by atoms with E-state index in [0.717, 1.165) is 36.6 Å². The molecule has 0 atom stereocenters.